The van der Waals surface area contributed by atoms with Crippen LogP contribution in [0, 0.1) is 0 Å². The van der Waals surface area contributed by atoms with Gasteiger partial charge in [-0.15, -0.1) is 0 Å². The molecule has 0 radical (unpaired) electrons. The van der Waals surface area contributed by atoms with E-state index in [1.54, 1.807) is 0 Å². The quantitative estimate of drug-likeness (QED) is 0.685. The Morgan fingerprint density at radius 1 is 0.870 bits per heavy atom. The minimum absolute atomic E-state index is 0.264. The molecule has 0 unspecified atom stereocenters. The van der Waals surface area contributed by atoms with Crippen molar-refractivity contribution in [1.29, 1.82) is 0 Å². The Bertz CT molecular complexity index is 605. The molecule has 0 heterocycles. The van der Waals surface area contributed by atoms with Crippen LogP contribution in [0.15, 0.2) is 60.7 Å². The second-order valence-electron chi connectivity index (χ2n) is 7.28. The van der Waals surface area contributed by atoms with Crippen molar-refractivity contribution in [2.24, 2.45) is 0 Å². The van der Waals surface area contributed by atoms with Crippen molar-refractivity contribution < 1.29 is 4.79 Å². The van der Waals surface area contributed by atoms with Crippen LogP contribution in [-0.4, -0.2) is 25.0 Å². The number of carbonyl (C=O) groups is 1. The maximum Gasteiger partial charge on any atom is 0.222 e. The molecule has 1 amide bonds. The van der Waals surface area contributed by atoms with Crippen molar-refractivity contribution in [2.45, 2.75) is 39.0 Å². The van der Waals surface area contributed by atoms with Gasteiger partial charge in [0.2, 0.25) is 5.91 Å². The van der Waals surface area contributed by atoms with Crippen molar-refractivity contribution >= 4 is 14.0 Å². The number of rotatable bonds is 7. The highest BCUT2D eigenvalue weighted by Crippen LogP contribution is 2.13. The number of hydrogen-bond acceptors (Lipinski definition) is 1. The normalized spacial score (nSPS) is 11.3. The van der Waals surface area contributed by atoms with E-state index in [1.807, 2.05) is 36.4 Å². The molecule has 122 valence electrons. The molecule has 0 fully saturated rings. The van der Waals surface area contributed by atoms with Gasteiger partial charge < -0.3 is 4.90 Å². The highest BCUT2D eigenvalue weighted by molar-refractivity contribution is 6.76. The van der Waals surface area contributed by atoms with Crippen molar-refractivity contribution in [2.75, 3.05) is 6.17 Å². The molecule has 23 heavy (non-hydrogen) atoms. The zero-order chi connectivity index (χ0) is 16.7. The Morgan fingerprint density at radius 2 is 1.39 bits per heavy atom. The van der Waals surface area contributed by atoms with E-state index >= 15 is 0 Å². The summed E-state index contributed by atoms with van der Waals surface area (Å²) in [4.78, 5) is 14.8. The summed E-state index contributed by atoms with van der Waals surface area (Å²) in [6, 6.07) is 20.5. The van der Waals surface area contributed by atoms with Gasteiger partial charge in [-0.3, -0.25) is 4.79 Å². The van der Waals surface area contributed by atoms with Crippen LogP contribution in [0.4, 0.5) is 0 Å². The lowest BCUT2D eigenvalue weighted by molar-refractivity contribution is -0.131. The number of amides is 1. The van der Waals surface area contributed by atoms with Gasteiger partial charge in [0.05, 0.1) is 8.07 Å². The molecule has 0 bridgehead atoms. The van der Waals surface area contributed by atoms with Gasteiger partial charge in [0, 0.05) is 19.1 Å². The molecule has 0 aliphatic carbocycles. The number of nitrogens with zero attached hydrogens (tertiary/aromatic N) is 1. The van der Waals surface area contributed by atoms with Crippen molar-refractivity contribution in [1.82, 2.24) is 4.90 Å². The fraction of sp³-hybridized carbons (Fsp3) is 0.350. The summed E-state index contributed by atoms with van der Waals surface area (Å²) >= 11 is 0. The Hall–Kier alpha value is -1.87. The molecule has 0 N–H and O–H groups in total. The van der Waals surface area contributed by atoms with Crippen LogP contribution in [0.25, 0.3) is 0 Å². The minimum atomic E-state index is -1.34. The standard InChI is InChI=1S/C20H27NOSi/c1-23(2,3)17-21(16-19-12-8-5-9-13-19)20(22)15-14-18-10-6-4-7-11-18/h4-13H,14-17H2,1-3H3. The lowest BCUT2D eigenvalue weighted by atomic mass is 10.1. The first kappa shape index (κ1) is 17.5. The fourth-order valence-electron chi connectivity index (χ4n) is 2.66. The van der Waals surface area contributed by atoms with Crippen LogP contribution < -0.4 is 0 Å². The Labute approximate surface area is 141 Å². The van der Waals surface area contributed by atoms with Crippen molar-refractivity contribution in [3.8, 4) is 0 Å². The first-order chi connectivity index (χ1) is 10.9. The molecule has 2 aromatic rings. The highest BCUT2D eigenvalue weighted by Gasteiger charge is 2.22. The van der Waals surface area contributed by atoms with Crippen molar-refractivity contribution in [3.63, 3.8) is 0 Å². The SMILES string of the molecule is C[Si](C)(C)CN(Cc1ccccc1)C(=O)CCc1ccccc1. The number of hydrogen-bond donors (Lipinski definition) is 0. The van der Waals surface area contributed by atoms with E-state index < -0.39 is 8.07 Å². The number of aryl methyl sites for hydroxylation is 1. The third-order valence-corrected chi connectivity index (χ3v) is 5.03. The zero-order valence-corrected chi connectivity index (χ0v) is 15.5. The molecule has 0 atom stereocenters. The average molecular weight is 326 g/mol. The predicted octanol–water partition coefficient (Wildman–Crippen LogP) is 4.53. The van der Waals surface area contributed by atoms with Crippen LogP contribution in [0.2, 0.25) is 19.6 Å². The van der Waals surface area contributed by atoms with E-state index in [1.165, 1.54) is 11.1 Å². The first-order valence-corrected chi connectivity index (χ1v) is 12.0. The molecule has 0 aliphatic rings. The number of carbonyl (C=O) groups excluding carboxylic acids is 1. The topological polar surface area (TPSA) is 20.3 Å². The summed E-state index contributed by atoms with van der Waals surface area (Å²) in [5.74, 6) is 0.264. The van der Waals surface area contributed by atoms with Gasteiger partial charge in [0.15, 0.2) is 0 Å². The van der Waals surface area contributed by atoms with Gasteiger partial charge in [-0.2, -0.15) is 0 Å². The Kier molecular flexibility index (Phi) is 6.17. The van der Waals surface area contributed by atoms with Crippen molar-refractivity contribution in [3.05, 3.63) is 71.8 Å². The van der Waals surface area contributed by atoms with Gasteiger partial charge in [-0.1, -0.05) is 80.3 Å². The third kappa shape index (κ3) is 6.41. The zero-order valence-electron chi connectivity index (χ0n) is 14.5. The molecular formula is C20H27NOSi. The van der Waals surface area contributed by atoms with Crippen LogP contribution in [-0.2, 0) is 17.8 Å². The van der Waals surface area contributed by atoms with E-state index in [2.05, 4.69) is 48.8 Å². The molecule has 0 saturated heterocycles. The maximum absolute atomic E-state index is 12.7. The molecule has 0 saturated carbocycles. The largest absolute Gasteiger partial charge is 0.341 e. The lowest BCUT2D eigenvalue weighted by Gasteiger charge is -2.29. The van der Waals surface area contributed by atoms with E-state index in [0.29, 0.717) is 6.42 Å². The molecule has 2 nitrogen and oxygen atoms in total. The summed E-state index contributed by atoms with van der Waals surface area (Å²) in [7, 11) is -1.34. The molecule has 2 aromatic carbocycles. The smallest absolute Gasteiger partial charge is 0.222 e. The summed E-state index contributed by atoms with van der Waals surface area (Å²) in [6.07, 6.45) is 2.31. The lowest BCUT2D eigenvalue weighted by Crippen LogP contribution is -2.43. The van der Waals surface area contributed by atoms with Crippen LogP contribution in [0.5, 0.6) is 0 Å². The van der Waals surface area contributed by atoms with E-state index in [-0.39, 0.29) is 5.91 Å². The van der Waals surface area contributed by atoms with E-state index in [9.17, 15) is 4.79 Å². The molecule has 0 aromatic heterocycles. The fourth-order valence-corrected chi connectivity index (χ4v) is 4.10. The van der Waals surface area contributed by atoms with Gasteiger partial charge in [-0.05, 0) is 17.5 Å². The van der Waals surface area contributed by atoms with Gasteiger partial charge in [0.25, 0.3) is 0 Å². The second kappa shape index (κ2) is 8.11. The monoisotopic (exact) mass is 325 g/mol. The van der Waals surface area contributed by atoms with E-state index in [4.69, 9.17) is 0 Å². The summed E-state index contributed by atoms with van der Waals surface area (Å²) in [6.45, 7) is 7.67. The van der Waals surface area contributed by atoms with Gasteiger partial charge in [0.1, 0.15) is 0 Å². The first-order valence-electron chi connectivity index (χ1n) is 8.30. The summed E-state index contributed by atoms with van der Waals surface area (Å²) in [5.41, 5.74) is 2.44. The minimum Gasteiger partial charge on any atom is -0.341 e. The Morgan fingerprint density at radius 3 is 1.91 bits per heavy atom. The third-order valence-electron chi connectivity index (χ3n) is 3.70. The number of benzene rings is 2. The summed E-state index contributed by atoms with van der Waals surface area (Å²) in [5, 5.41) is 0. The maximum atomic E-state index is 12.7. The van der Waals surface area contributed by atoms with Gasteiger partial charge >= 0.3 is 0 Å². The molecule has 0 aliphatic heterocycles. The average Bonchev–Trinajstić information content (AvgIpc) is 2.53. The van der Waals surface area contributed by atoms with E-state index in [0.717, 1.165) is 19.1 Å². The second-order valence-corrected chi connectivity index (χ2v) is 12.7. The molecule has 3 heteroatoms. The molecule has 2 rings (SSSR count). The van der Waals surface area contributed by atoms with Gasteiger partial charge in [-0.25, -0.2) is 0 Å². The molecular weight excluding hydrogens is 298 g/mol. The van der Waals surface area contributed by atoms with Crippen LogP contribution in [0.1, 0.15) is 17.5 Å². The Balaban J connectivity index is 2.02. The predicted molar refractivity (Wildman–Crippen MR) is 100.0 cm³/mol. The van der Waals surface area contributed by atoms with Crippen LogP contribution >= 0.6 is 0 Å². The summed E-state index contributed by atoms with van der Waals surface area (Å²) < 4.78 is 0. The highest BCUT2D eigenvalue weighted by atomic mass is 28.3. The molecule has 0 spiro atoms. The van der Waals surface area contributed by atoms with Crippen LogP contribution in [0.3, 0.4) is 0 Å².